The summed E-state index contributed by atoms with van der Waals surface area (Å²) >= 11 is 1.72. The monoisotopic (exact) mass is 113 g/mol. The van der Waals surface area contributed by atoms with E-state index in [1.54, 1.807) is 11.8 Å². The van der Waals surface area contributed by atoms with Gasteiger partial charge in [-0.1, -0.05) is 0 Å². The first-order chi connectivity index (χ1) is 3.43. The Labute approximate surface area is 47.1 Å². The molecular formula is C5H7NS. The number of aromatic nitrogens is 1. The predicted octanol–water partition coefficient (Wildman–Crippen LogP) is 1.74. The number of H-pyrrole nitrogens is 1. The van der Waals surface area contributed by atoms with Gasteiger partial charge >= 0.3 is 0 Å². The number of aromatic amines is 1. The van der Waals surface area contributed by atoms with Crippen LogP contribution in [-0.4, -0.2) is 11.2 Å². The van der Waals surface area contributed by atoms with Gasteiger partial charge in [-0.3, -0.25) is 0 Å². The third-order valence-electron chi connectivity index (χ3n) is 0.789. The minimum absolute atomic E-state index is 1.22. The van der Waals surface area contributed by atoms with Gasteiger partial charge in [0, 0.05) is 6.20 Å². The summed E-state index contributed by atoms with van der Waals surface area (Å²) in [6.07, 6.45) is 3.97. The molecule has 38 valence electrons. The standard InChI is InChI=1S/C5H7NS/c1-7-5-3-2-4-6-5/h2-4,6H,1H3. The molecule has 0 saturated carbocycles. The van der Waals surface area contributed by atoms with E-state index in [1.807, 2.05) is 24.6 Å². The molecule has 0 atom stereocenters. The molecule has 1 heterocycles. The van der Waals surface area contributed by atoms with Gasteiger partial charge in [0.2, 0.25) is 0 Å². The van der Waals surface area contributed by atoms with E-state index >= 15 is 0 Å². The Hall–Kier alpha value is -0.370. The SMILES string of the molecule is CSc1ccc[nH]1. The molecule has 0 aromatic carbocycles. The summed E-state index contributed by atoms with van der Waals surface area (Å²) in [4.78, 5) is 3.05. The molecule has 0 spiro atoms. The fourth-order valence-electron chi connectivity index (χ4n) is 0.441. The van der Waals surface area contributed by atoms with Crippen LogP contribution in [0.5, 0.6) is 0 Å². The fraction of sp³-hybridized carbons (Fsp3) is 0.200. The molecule has 0 amide bonds. The van der Waals surface area contributed by atoms with E-state index < -0.39 is 0 Å². The molecule has 0 radical (unpaired) electrons. The second-order valence-electron chi connectivity index (χ2n) is 1.24. The smallest absolute Gasteiger partial charge is 0.0718 e. The quantitative estimate of drug-likeness (QED) is 0.548. The van der Waals surface area contributed by atoms with Crippen molar-refractivity contribution in [2.75, 3.05) is 6.26 Å². The van der Waals surface area contributed by atoms with Crippen LogP contribution in [0.15, 0.2) is 23.4 Å². The molecule has 1 aromatic heterocycles. The van der Waals surface area contributed by atoms with Crippen LogP contribution >= 0.6 is 11.8 Å². The molecule has 0 unspecified atom stereocenters. The van der Waals surface area contributed by atoms with Gasteiger partial charge in [-0.05, 0) is 18.4 Å². The average Bonchev–Trinajstić information content (AvgIpc) is 2.14. The van der Waals surface area contributed by atoms with Crippen LogP contribution in [-0.2, 0) is 0 Å². The molecule has 2 heteroatoms. The minimum Gasteiger partial charge on any atom is -0.357 e. The van der Waals surface area contributed by atoms with E-state index in [0.717, 1.165) is 0 Å². The molecule has 0 aliphatic heterocycles. The van der Waals surface area contributed by atoms with Gasteiger partial charge in [-0.25, -0.2) is 0 Å². The Morgan fingerprint density at radius 3 is 2.86 bits per heavy atom. The Bertz CT molecular complexity index is 123. The fourth-order valence-corrected chi connectivity index (χ4v) is 0.841. The van der Waals surface area contributed by atoms with Crippen LogP contribution < -0.4 is 0 Å². The zero-order valence-corrected chi connectivity index (χ0v) is 4.96. The number of nitrogens with one attached hydrogen (secondary N) is 1. The van der Waals surface area contributed by atoms with Gasteiger partial charge in [-0.2, -0.15) is 0 Å². The summed E-state index contributed by atoms with van der Waals surface area (Å²) in [6, 6.07) is 4.04. The van der Waals surface area contributed by atoms with Gasteiger partial charge < -0.3 is 4.98 Å². The van der Waals surface area contributed by atoms with Crippen molar-refractivity contribution >= 4 is 11.8 Å². The maximum atomic E-state index is 3.05. The van der Waals surface area contributed by atoms with Crippen molar-refractivity contribution in [1.82, 2.24) is 4.98 Å². The maximum absolute atomic E-state index is 3.05. The molecule has 0 aliphatic rings. The number of thioether (sulfide) groups is 1. The molecule has 0 fully saturated rings. The van der Waals surface area contributed by atoms with Crippen LogP contribution in [0.1, 0.15) is 0 Å². The van der Waals surface area contributed by atoms with Crippen molar-refractivity contribution in [2.24, 2.45) is 0 Å². The highest BCUT2D eigenvalue weighted by atomic mass is 32.2. The van der Waals surface area contributed by atoms with Crippen LogP contribution in [0.3, 0.4) is 0 Å². The first kappa shape index (κ1) is 4.78. The van der Waals surface area contributed by atoms with Crippen LogP contribution in [0.4, 0.5) is 0 Å². The second-order valence-corrected chi connectivity index (χ2v) is 2.09. The first-order valence-corrected chi connectivity index (χ1v) is 3.33. The molecule has 1 nitrogen and oxygen atoms in total. The molecule has 7 heavy (non-hydrogen) atoms. The number of hydrogen-bond acceptors (Lipinski definition) is 1. The molecule has 0 bridgehead atoms. The highest BCUT2D eigenvalue weighted by molar-refractivity contribution is 7.98. The van der Waals surface area contributed by atoms with E-state index in [-0.39, 0.29) is 0 Å². The van der Waals surface area contributed by atoms with Gasteiger partial charge in [0.05, 0.1) is 5.03 Å². The molecule has 1 rings (SSSR count). The molecule has 1 N–H and O–H groups in total. The Morgan fingerprint density at radius 2 is 2.57 bits per heavy atom. The average molecular weight is 113 g/mol. The lowest BCUT2D eigenvalue weighted by atomic mass is 10.7. The van der Waals surface area contributed by atoms with Crippen molar-refractivity contribution < 1.29 is 0 Å². The van der Waals surface area contributed by atoms with E-state index in [0.29, 0.717) is 0 Å². The minimum atomic E-state index is 1.22. The zero-order valence-electron chi connectivity index (χ0n) is 4.14. The molecule has 0 saturated heterocycles. The van der Waals surface area contributed by atoms with E-state index in [4.69, 9.17) is 0 Å². The Kier molecular flexibility index (Phi) is 1.42. The van der Waals surface area contributed by atoms with Gasteiger partial charge in [0.1, 0.15) is 0 Å². The number of hydrogen-bond donors (Lipinski definition) is 1. The van der Waals surface area contributed by atoms with E-state index in [2.05, 4.69) is 4.98 Å². The van der Waals surface area contributed by atoms with Crippen molar-refractivity contribution in [3.05, 3.63) is 18.3 Å². The summed E-state index contributed by atoms with van der Waals surface area (Å²) in [6.45, 7) is 0. The van der Waals surface area contributed by atoms with Crippen LogP contribution in [0.25, 0.3) is 0 Å². The van der Waals surface area contributed by atoms with Crippen LogP contribution in [0, 0.1) is 0 Å². The van der Waals surface area contributed by atoms with Gasteiger partial charge in [-0.15, -0.1) is 11.8 Å². The van der Waals surface area contributed by atoms with Crippen LogP contribution in [0.2, 0.25) is 0 Å². The topological polar surface area (TPSA) is 15.8 Å². The highest BCUT2D eigenvalue weighted by Gasteiger charge is 1.81. The van der Waals surface area contributed by atoms with E-state index in [9.17, 15) is 0 Å². The lowest BCUT2D eigenvalue weighted by Gasteiger charge is -1.81. The zero-order chi connectivity index (χ0) is 5.11. The summed E-state index contributed by atoms with van der Waals surface area (Å²) in [7, 11) is 0. The van der Waals surface area contributed by atoms with Crippen molar-refractivity contribution in [3.63, 3.8) is 0 Å². The van der Waals surface area contributed by atoms with Gasteiger partial charge in [0.25, 0.3) is 0 Å². The summed E-state index contributed by atoms with van der Waals surface area (Å²) in [5, 5.41) is 1.22. The molecule has 0 aliphatic carbocycles. The third-order valence-corrected chi connectivity index (χ3v) is 1.48. The van der Waals surface area contributed by atoms with Crippen molar-refractivity contribution in [1.29, 1.82) is 0 Å². The van der Waals surface area contributed by atoms with E-state index in [1.165, 1.54) is 5.03 Å². The highest BCUT2D eigenvalue weighted by Crippen LogP contribution is 2.08. The van der Waals surface area contributed by atoms with Gasteiger partial charge in [0.15, 0.2) is 0 Å². The van der Waals surface area contributed by atoms with Crippen molar-refractivity contribution in [3.8, 4) is 0 Å². The van der Waals surface area contributed by atoms with Crippen molar-refractivity contribution in [2.45, 2.75) is 5.03 Å². The maximum Gasteiger partial charge on any atom is 0.0718 e. The third kappa shape index (κ3) is 0.996. The summed E-state index contributed by atoms with van der Waals surface area (Å²) < 4.78 is 0. The Balaban J connectivity index is 2.76. The first-order valence-electron chi connectivity index (χ1n) is 2.11. The lowest BCUT2D eigenvalue weighted by molar-refractivity contribution is 1.21. The summed E-state index contributed by atoms with van der Waals surface area (Å²) in [5.74, 6) is 0. The second kappa shape index (κ2) is 2.07. The molecular weight excluding hydrogens is 106 g/mol. The Morgan fingerprint density at radius 1 is 1.71 bits per heavy atom. The lowest BCUT2D eigenvalue weighted by Crippen LogP contribution is -1.59. The largest absolute Gasteiger partial charge is 0.357 e. The summed E-state index contributed by atoms with van der Waals surface area (Å²) in [5.41, 5.74) is 0. The normalized spacial score (nSPS) is 9.29. The predicted molar refractivity (Wildman–Crippen MR) is 32.6 cm³/mol. The number of rotatable bonds is 1. The molecule has 1 aromatic rings.